The molecular formula is C21H17Cl2N3O3. The lowest BCUT2D eigenvalue weighted by atomic mass is 9.97. The molecule has 0 aliphatic rings. The molecule has 29 heavy (non-hydrogen) atoms. The van der Waals surface area contributed by atoms with E-state index in [0.717, 1.165) is 0 Å². The van der Waals surface area contributed by atoms with E-state index in [0.29, 0.717) is 49.7 Å². The van der Waals surface area contributed by atoms with Gasteiger partial charge in [0, 0.05) is 11.1 Å². The predicted molar refractivity (Wildman–Crippen MR) is 114 cm³/mol. The van der Waals surface area contributed by atoms with Gasteiger partial charge in [-0.1, -0.05) is 29.3 Å². The third kappa shape index (κ3) is 3.88. The minimum absolute atomic E-state index is 0.0971. The lowest BCUT2D eigenvalue weighted by Crippen LogP contribution is -2.01. The second-order valence-electron chi connectivity index (χ2n) is 5.97. The minimum Gasteiger partial charge on any atom is -0.493 e. The van der Waals surface area contributed by atoms with Gasteiger partial charge in [-0.15, -0.1) is 0 Å². The molecule has 1 heterocycles. The number of nitrogens with two attached hydrogens (primary N) is 1. The number of nitrogen functional groups attached to an aromatic ring is 1. The maximum atomic E-state index is 9.66. The third-order valence-corrected chi connectivity index (χ3v) is 5.09. The fourth-order valence-electron chi connectivity index (χ4n) is 2.95. The Kier molecular flexibility index (Phi) is 6.02. The summed E-state index contributed by atoms with van der Waals surface area (Å²) in [6, 6.07) is 12.5. The van der Waals surface area contributed by atoms with Crippen molar-refractivity contribution in [2.75, 3.05) is 27.1 Å². The molecule has 0 unspecified atom stereocenters. The SMILES string of the molecule is COc1cc(-c2cc(-c3ccc(Cl)c(Cl)c3)nc(N)c2C#N)cc(OC)c1OC. The van der Waals surface area contributed by atoms with Crippen LogP contribution in [-0.4, -0.2) is 26.3 Å². The van der Waals surface area contributed by atoms with E-state index in [9.17, 15) is 5.26 Å². The Morgan fingerprint density at radius 2 is 1.55 bits per heavy atom. The summed E-state index contributed by atoms with van der Waals surface area (Å²) in [7, 11) is 4.57. The van der Waals surface area contributed by atoms with Crippen LogP contribution in [0.5, 0.6) is 17.2 Å². The summed E-state index contributed by atoms with van der Waals surface area (Å²) < 4.78 is 16.2. The normalized spacial score (nSPS) is 10.3. The molecule has 2 aromatic carbocycles. The molecule has 3 rings (SSSR count). The summed E-state index contributed by atoms with van der Waals surface area (Å²) in [6.45, 7) is 0. The molecule has 0 amide bonds. The smallest absolute Gasteiger partial charge is 0.203 e. The maximum Gasteiger partial charge on any atom is 0.203 e. The molecule has 148 valence electrons. The molecule has 8 heteroatoms. The summed E-state index contributed by atoms with van der Waals surface area (Å²) in [4.78, 5) is 4.36. The lowest BCUT2D eigenvalue weighted by molar-refractivity contribution is 0.324. The van der Waals surface area contributed by atoms with Crippen molar-refractivity contribution in [3.05, 3.63) is 52.0 Å². The first kappa shape index (κ1) is 20.6. The van der Waals surface area contributed by atoms with Crippen molar-refractivity contribution in [1.29, 1.82) is 5.26 Å². The largest absolute Gasteiger partial charge is 0.493 e. The third-order valence-electron chi connectivity index (χ3n) is 4.35. The number of rotatable bonds is 5. The van der Waals surface area contributed by atoms with E-state index in [4.69, 9.17) is 43.1 Å². The van der Waals surface area contributed by atoms with E-state index < -0.39 is 0 Å². The first-order chi connectivity index (χ1) is 13.9. The highest BCUT2D eigenvalue weighted by atomic mass is 35.5. The van der Waals surface area contributed by atoms with Crippen molar-refractivity contribution < 1.29 is 14.2 Å². The van der Waals surface area contributed by atoms with Crippen LogP contribution < -0.4 is 19.9 Å². The summed E-state index contributed by atoms with van der Waals surface area (Å²) in [6.07, 6.45) is 0. The molecule has 6 nitrogen and oxygen atoms in total. The minimum atomic E-state index is 0.0971. The molecule has 3 aromatic rings. The van der Waals surface area contributed by atoms with Gasteiger partial charge in [0.25, 0.3) is 0 Å². The fourth-order valence-corrected chi connectivity index (χ4v) is 3.25. The van der Waals surface area contributed by atoms with Gasteiger partial charge in [-0.2, -0.15) is 5.26 Å². The van der Waals surface area contributed by atoms with E-state index in [1.807, 2.05) is 0 Å². The zero-order valence-corrected chi connectivity index (χ0v) is 17.4. The number of hydrogen-bond donors (Lipinski definition) is 1. The molecule has 2 N–H and O–H groups in total. The number of methoxy groups -OCH3 is 3. The van der Waals surface area contributed by atoms with Gasteiger partial charge in [0.1, 0.15) is 17.5 Å². The van der Waals surface area contributed by atoms with Crippen LogP contribution in [0.25, 0.3) is 22.4 Å². The van der Waals surface area contributed by atoms with Gasteiger partial charge >= 0.3 is 0 Å². The molecule has 1 aromatic heterocycles. The van der Waals surface area contributed by atoms with Crippen molar-refractivity contribution in [3.8, 4) is 45.7 Å². The highest BCUT2D eigenvalue weighted by Gasteiger charge is 2.19. The summed E-state index contributed by atoms with van der Waals surface area (Å²) in [5.74, 6) is 1.46. The molecule has 0 fully saturated rings. The fraction of sp³-hybridized carbons (Fsp3) is 0.143. The second-order valence-corrected chi connectivity index (χ2v) is 6.78. The Balaban J connectivity index is 2.27. The molecular weight excluding hydrogens is 413 g/mol. The highest BCUT2D eigenvalue weighted by molar-refractivity contribution is 6.42. The number of hydrogen-bond acceptors (Lipinski definition) is 6. The number of nitriles is 1. The van der Waals surface area contributed by atoms with Gasteiger partial charge in [-0.25, -0.2) is 4.98 Å². The van der Waals surface area contributed by atoms with Crippen LogP contribution in [0.15, 0.2) is 36.4 Å². The van der Waals surface area contributed by atoms with Crippen LogP contribution in [0.4, 0.5) is 5.82 Å². The number of halogens is 2. The van der Waals surface area contributed by atoms with E-state index >= 15 is 0 Å². The van der Waals surface area contributed by atoms with Crippen molar-refractivity contribution in [3.63, 3.8) is 0 Å². The molecule has 0 aliphatic heterocycles. The van der Waals surface area contributed by atoms with Crippen molar-refractivity contribution >= 4 is 29.0 Å². The van der Waals surface area contributed by atoms with Crippen LogP contribution >= 0.6 is 23.2 Å². The monoisotopic (exact) mass is 429 g/mol. The van der Waals surface area contributed by atoms with Gasteiger partial charge in [0.05, 0.1) is 37.1 Å². The van der Waals surface area contributed by atoms with Crippen LogP contribution in [-0.2, 0) is 0 Å². The lowest BCUT2D eigenvalue weighted by Gasteiger charge is -2.16. The zero-order valence-electron chi connectivity index (χ0n) is 15.9. The summed E-state index contributed by atoms with van der Waals surface area (Å²) in [5.41, 5.74) is 8.82. The molecule has 0 spiro atoms. The maximum absolute atomic E-state index is 9.66. The van der Waals surface area contributed by atoms with Gasteiger partial charge in [0.15, 0.2) is 11.5 Å². The first-order valence-electron chi connectivity index (χ1n) is 8.39. The predicted octanol–water partition coefficient (Wildman–Crippen LogP) is 5.20. The number of nitrogens with zero attached hydrogens (tertiary/aromatic N) is 2. The Morgan fingerprint density at radius 3 is 2.07 bits per heavy atom. The number of anilines is 1. The highest BCUT2D eigenvalue weighted by Crippen LogP contribution is 2.43. The van der Waals surface area contributed by atoms with Crippen molar-refractivity contribution in [1.82, 2.24) is 4.98 Å². The molecule has 0 atom stereocenters. The molecule has 0 aliphatic carbocycles. The van der Waals surface area contributed by atoms with E-state index in [-0.39, 0.29) is 11.4 Å². The van der Waals surface area contributed by atoms with E-state index in [1.54, 1.807) is 36.4 Å². The van der Waals surface area contributed by atoms with Crippen LogP contribution in [0.1, 0.15) is 5.56 Å². The van der Waals surface area contributed by atoms with Gasteiger partial charge < -0.3 is 19.9 Å². The molecule has 0 saturated heterocycles. The quantitative estimate of drug-likeness (QED) is 0.598. The Bertz CT molecular complexity index is 1100. The van der Waals surface area contributed by atoms with Gasteiger partial charge in [-0.05, 0) is 35.9 Å². The second kappa shape index (κ2) is 8.48. The molecule has 0 saturated carbocycles. The number of benzene rings is 2. The van der Waals surface area contributed by atoms with Crippen LogP contribution in [0.2, 0.25) is 10.0 Å². The van der Waals surface area contributed by atoms with Gasteiger partial charge in [-0.3, -0.25) is 0 Å². The average molecular weight is 430 g/mol. The Labute approximate surface area is 178 Å². The van der Waals surface area contributed by atoms with Crippen molar-refractivity contribution in [2.24, 2.45) is 0 Å². The summed E-state index contributed by atoms with van der Waals surface area (Å²) in [5, 5.41) is 10.5. The standard InChI is InChI=1S/C21H17Cl2N3O3/c1-27-18-7-12(8-19(28-2)20(18)29-3)13-9-17(26-21(25)14(13)10-24)11-4-5-15(22)16(23)6-11/h4-9H,1-3H3,(H2,25,26). The van der Waals surface area contributed by atoms with Crippen molar-refractivity contribution in [2.45, 2.75) is 0 Å². The summed E-state index contributed by atoms with van der Waals surface area (Å²) >= 11 is 12.2. The van der Waals surface area contributed by atoms with Crippen LogP contribution in [0.3, 0.4) is 0 Å². The average Bonchev–Trinajstić information content (AvgIpc) is 2.73. The Hall–Kier alpha value is -3.14. The molecule has 0 bridgehead atoms. The number of ether oxygens (including phenoxy) is 3. The van der Waals surface area contributed by atoms with Crippen LogP contribution in [0, 0.1) is 11.3 Å². The van der Waals surface area contributed by atoms with Gasteiger partial charge in [0.2, 0.25) is 5.75 Å². The topological polar surface area (TPSA) is 90.4 Å². The first-order valence-corrected chi connectivity index (χ1v) is 9.15. The number of aromatic nitrogens is 1. The van der Waals surface area contributed by atoms with E-state index in [1.165, 1.54) is 21.3 Å². The molecule has 0 radical (unpaired) electrons. The zero-order chi connectivity index (χ0) is 21.1. The van der Waals surface area contributed by atoms with E-state index in [2.05, 4.69) is 11.1 Å². The number of pyridine rings is 1. The Morgan fingerprint density at radius 1 is 0.897 bits per heavy atom.